The predicted molar refractivity (Wildman–Crippen MR) is 127 cm³/mol. The zero-order chi connectivity index (χ0) is 23.1. The second kappa shape index (κ2) is 10.9. The standard InChI is InChI=1S/C24H33N7O/c1-5-10-27-22-21(15(2)18-11-20(12-18)29-23(32)16(3)26-4)14-28-24(31-22)30-19-8-6-17(13-25)7-9-19/h6-9,14-16,18,20,26H,5,10-12H2,1-4H3,(H,29,32)(H2,27,28,30,31)/t15?,16-,18?,20?/m0/s1. The molecule has 2 atom stereocenters. The first kappa shape index (κ1) is 23.5. The molecular formula is C24H33N7O. The zero-order valence-corrected chi connectivity index (χ0v) is 19.3. The summed E-state index contributed by atoms with van der Waals surface area (Å²) in [5, 5.41) is 21.7. The van der Waals surface area contributed by atoms with Crippen molar-refractivity contribution in [3.05, 3.63) is 41.6 Å². The van der Waals surface area contributed by atoms with E-state index in [-0.39, 0.29) is 23.9 Å². The molecule has 8 heteroatoms. The van der Waals surface area contributed by atoms with E-state index in [0.717, 1.165) is 42.9 Å². The predicted octanol–water partition coefficient (Wildman–Crippen LogP) is 3.52. The van der Waals surface area contributed by atoms with Gasteiger partial charge in [-0.05, 0) is 69.3 Å². The van der Waals surface area contributed by atoms with Crippen molar-refractivity contribution in [3.8, 4) is 6.07 Å². The minimum absolute atomic E-state index is 0.0514. The molecule has 0 saturated heterocycles. The van der Waals surface area contributed by atoms with Crippen molar-refractivity contribution in [2.45, 2.75) is 58.0 Å². The van der Waals surface area contributed by atoms with Gasteiger partial charge in [0.2, 0.25) is 11.9 Å². The lowest BCUT2D eigenvalue weighted by molar-refractivity contribution is -0.124. The summed E-state index contributed by atoms with van der Waals surface area (Å²) in [5.74, 6) is 2.18. The van der Waals surface area contributed by atoms with Crippen LogP contribution in [0.5, 0.6) is 0 Å². The van der Waals surface area contributed by atoms with Crippen LogP contribution in [0.15, 0.2) is 30.5 Å². The van der Waals surface area contributed by atoms with Gasteiger partial charge in [0.15, 0.2) is 0 Å². The van der Waals surface area contributed by atoms with Crippen LogP contribution in [-0.4, -0.2) is 41.6 Å². The SMILES string of the molecule is CCCNc1nc(Nc2ccc(C#N)cc2)ncc1C(C)C1CC(NC(=O)[C@H](C)NC)C1. The normalized spacial score (nSPS) is 19.2. The van der Waals surface area contributed by atoms with Gasteiger partial charge in [-0.25, -0.2) is 4.98 Å². The van der Waals surface area contributed by atoms with Gasteiger partial charge < -0.3 is 21.3 Å². The molecule has 1 aromatic heterocycles. The summed E-state index contributed by atoms with van der Waals surface area (Å²) in [6.45, 7) is 7.03. The van der Waals surface area contributed by atoms with Crippen LogP contribution < -0.4 is 21.3 Å². The van der Waals surface area contributed by atoms with E-state index in [0.29, 0.717) is 17.4 Å². The first-order chi connectivity index (χ1) is 15.4. The molecule has 170 valence electrons. The van der Waals surface area contributed by atoms with Gasteiger partial charge in [0.05, 0.1) is 17.7 Å². The first-order valence-corrected chi connectivity index (χ1v) is 11.3. The minimum Gasteiger partial charge on any atom is -0.370 e. The van der Waals surface area contributed by atoms with Crippen molar-refractivity contribution in [2.24, 2.45) is 5.92 Å². The van der Waals surface area contributed by atoms with E-state index in [4.69, 9.17) is 10.2 Å². The van der Waals surface area contributed by atoms with Gasteiger partial charge in [0.25, 0.3) is 0 Å². The van der Waals surface area contributed by atoms with Gasteiger partial charge in [-0.3, -0.25) is 4.79 Å². The quantitative estimate of drug-likeness (QED) is 0.451. The van der Waals surface area contributed by atoms with Gasteiger partial charge in [-0.15, -0.1) is 0 Å². The summed E-state index contributed by atoms with van der Waals surface area (Å²) < 4.78 is 0. The Balaban J connectivity index is 1.67. The van der Waals surface area contributed by atoms with Crippen LogP contribution in [0.1, 0.15) is 57.1 Å². The Labute approximate surface area is 190 Å². The van der Waals surface area contributed by atoms with Gasteiger partial charge in [0.1, 0.15) is 5.82 Å². The number of hydrogen-bond donors (Lipinski definition) is 4. The van der Waals surface area contributed by atoms with Crippen molar-refractivity contribution >= 4 is 23.4 Å². The number of nitrogens with zero attached hydrogens (tertiary/aromatic N) is 3. The van der Waals surface area contributed by atoms with Gasteiger partial charge in [-0.1, -0.05) is 13.8 Å². The highest BCUT2D eigenvalue weighted by molar-refractivity contribution is 5.81. The Kier molecular flexibility index (Phi) is 8.01. The molecule has 8 nitrogen and oxygen atoms in total. The Morgan fingerprint density at radius 1 is 1.25 bits per heavy atom. The second-order valence-corrected chi connectivity index (χ2v) is 8.47. The monoisotopic (exact) mass is 435 g/mol. The van der Waals surface area contributed by atoms with E-state index < -0.39 is 0 Å². The molecule has 1 fully saturated rings. The third kappa shape index (κ3) is 5.74. The second-order valence-electron chi connectivity index (χ2n) is 8.47. The molecule has 0 spiro atoms. The molecule has 1 amide bonds. The van der Waals surface area contributed by atoms with Crippen LogP contribution >= 0.6 is 0 Å². The number of carbonyl (C=O) groups excluding carboxylic acids is 1. The summed E-state index contributed by atoms with van der Waals surface area (Å²) in [7, 11) is 1.79. The number of nitriles is 1. The van der Waals surface area contributed by atoms with Gasteiger partial charge in [-0.2, -0.15) is 10.2 Å². The fraction of sp³-hybridized carbons (Fsp3) is 0.500. The molecule has 3 rings (SSSR count). The van der Waals surface area contributed by atoms with E-state index in [1.807, 2.05) is 25.3 Å². The fourth-order valence-corrected chi connectivity index (χ4v) is 3.83. The summed E-state index contributed by atoms with van der Waals surface area (Å²) in [5.41, 5.74) is 2.54. The lowest BCUT2D eigenvalue weighted by Crippen LogP contribution is -2.50. The molecule has 1 saturated carbocycles. The molecule has 1 heterocycles. The van der Waals surface area contributed by atoms with E-state index >= 15 is 0 Å². The molecular weight excluding hydrogens is 402 g/mol. The Morgan fingerprint density at radius 2 is 1.97 bits per heavy atom. The highest BCUT2D eigenvalue weighted by Gasteiger charge is 2.36. The molecule has 1 unspecified atom stereocenters. The van der Waals surface area contributed by atoms with Crippen LogP contribution in [0.4, 0.5) is 17.5 Å². The largest absolute Gasteiger partial charge is 0.370 e. The third-order valence-corrected chi connectivity index (χ3v) is 6.17. The van der Waals surface area contributed by atoms with Crippen LogP contribution in [0, 0.1) is 17.2 Å². The maximum Gasteiger partial charge on any atom is 0.237 e. The van der Waals surface area contributed by atoms with Gasteiger partial charge >= 0.3 is 0 Å². The lowest BCUT2D eigenvalue weighted by atomic mass is 9.71. The number of nitrogens with one attached hydrogen (secondary N) is 4. The zero-order valence-electron chi connectivity index (χ0n) is 19.3. The number of amides is 1. The molecule has 4 N–H and O–H groups in total. The topological polar surface area (TPSA) is 115 Å². The number of hydrogen-bond acceptors (Lipinski definition) is 7. The van der Waals surface area contributed by atoms with Gasteiger partial charge in [0, 0.05) is 30.0 Å². The Morgan fingerprint density at radius 3 is 2.59 bits per heavy atom. The fourth-order valence-electron chi connectivity index (χ4n) is 3.83. The number of rotatable bonds is 10. The molecule has 0 bridgehead atoms. The van der Waals surface area contributed by atoms with Crippen molar-refractivity contribution in [2.75, 3.05) is 24.2 Å². The van der Waals surface area contributed by atoms with E-state index in [9.17, 15) is 4.79 Å². The smallest absolute Gasteiger partial charge is 0.237 e. The van der Waals surface area contributed by atoms with E-state index in [1.54, 1.807) is 19.2 Å². The van der Waals surface area contributed by atoms with E-state index in [2.05, 4.69) is 46.2 Å². The average Bonchev–Trinajstić information content (AvgIpc) is 2.79. The maximum atomic E-state index is 12.1. The van der Waals surface area contributed by atoms with Crippen LogP contribution in [0.2, 0.25) is 0 Å². The Bertz CT molecular complexity index is 948. The molecule has 1 aliphatic rings. The molecule has 2 aromatic rings. The first-order valence-electron chi connectivity index (χ1n) is 11.3. The molecule has 1 aromatic carbocycles. The average molecular weight is 436 g/mol. The maximum absolute atomic E-state index is 12.1. The van der Waals surface area contributed by atoms with Crippen LogP contribution in [-0.2, 0) is 4.79 Å². The Hall–Kier alpha value is -3.18. The van der Waals surface area contributed by atoms with Crippen molar-refractivity contribution in [3.63, 3.8) is 0 Å². The minimum atomic E-state index is -0.180. The van der Waals surface area contributed by atoms with Crippen LogP contribution in [0.25, 0.3) is 0 Å². The van der Waals surface area contributed by atoms with Crippen molar-refractivity contribution in [1.29, 1.82) is 5.26 Å². The highest BCUT2D eigenvalue weighted by Crippen LogP contribution is 2.41. The van der Waals surface area contributed by atoms with Crippen molar-refractivity contribution in [1.82, 2.24) is 20.6 Å². The number of anilines is 3. The summed E-state index contributed by atoms with van der Waals surface area (Å²) >= 11 is 0. The number of likely N-dealkylation sites (N-methyl/N-ethyl adjacent to an activating group) is 1. The number of aromatic nitrogens is 2. The number of benzene rings is 1. The summed E-state index contributed by atoms with van der Waals surface area (Å²) in [4.78, 5) is 21.4. The molecule has 0 radical (unpaired) electrons. The lowest BCUT2D eigenvalue weighted by Gasteiger charge is -2.40. The van der Waals surface area contributed by atoms with Crippen LogP contribution in [0.3, 0.4) is 0 Å². The van der Waals surface area contributed by atoms with E-state index in [1.165, 1.54) is 0 Å². The molecule has 0 aliphatic heterocycles. The highest BCUT2D eigenvalue weighted by atomic mass is 16.2. The third-order valence-electron chi connectivity index (χ3n) is 6.17. The van der Waals surface area contributed by atoms with Crippen molar-refractivity contribution < 1.29 is 4.79 Å². The number of carbonyl (C=O) groups is 1. The molecule has 1 aliphatic carbocycles. The summed E-state index contributed by atoms with van der Waals surface area (Å²) in [6, 6.07) is 9.38. The summed E-state index contributed by atoms with van der Waals surface area (Å²) in [6.07, 6.45) is 4.82. The molecule has 32 heavy (non-hydrogen) atoms.